The van der Waals surface area contributed by atoms with Crippen molar-refractivity contribution in [3.8, 4) is 0 Å². The third-order valence-corrected chi connectivity index (χ3v) is 2.47. The summed E-state index contributed by atoms with van der Waals surface area (Å²) in [6.45, 7) is 8.51. The van der Waals surface area contributed by atoms with Gasteiger partial charge in [0.05, 0.1) is 0 Å². The molecular formula is C9H21B3O3. The second kappa shape index (κ2) is 6.61. The van der Waals surface area contributed by atoms with Crippen molar-refractivity contribution in [1.82, 2.24) is 0 Å². The molecular weight excluding hydrogens is 189 g/mol. The van der Waals surface area contributed by atoms with Gasteiger partial charge in [0.1, 0.15) is 0 Å². The standard InChI is InChI=1S/C9H21B3O3/c1-5-7-10-13-11(8-6-2)15-12(14-10)9(3)4/h9H,5-8H2,1-4H3. The minimum Gasteiger partial charge on any atom is -0.453 e. The van der Waals surface area contributed by atoms with Crippen LogP contribution >= 0.6 is 0 Å². The van der Waals surface area contributed by atoms with Crippen molar-refractivity contribution in [3.05, 3.63) is 0 Å². The zero-order chi connectivity index (χ0) is 11.3. The van der Waals surface area contributed by atoms with E-state index in [-0.39, 0.29) is 21.4 Å². The van der Waals surface area contributed by atoms with Crippen LogP contribution in [0, 0.1) is 0 Å². The molecule has 0 bridgehead atoms. The number of hydrogen-bond donors (Lipinski definition) is 0. The van der Waals surface area contributed by atoms with Crippen LogP contribution in [0.15, 0.2) is 0 Å². The first-order valence-electron chi connectivity index (χ1n) is 6.13. The van der Waals surface area contributed by atoms with E-state index in [0.717, 1.165) is 25.5 Å². The van der Waals surface area contributed by atoms with Crippen LogP contribution in [0.1, 0.15) is 40.5 Å². The Hall–Kier alpha value is 0.0748. The van der Waals surface area contributed by atoms with E-state index in [9.17, 15) is 0 Å². The van der Waals surface area contributed by atoms with Crippen LogP contribution in [0.25, 0.3) is 0 Å². The second-order valence-electron chi connectivity index (χ2n) is 4.46. The third kappa shape index (κ3) is 4.21. The molecule has 0 radical (unpaired) electrons. The van der Waals surface area contributed by atoms with Gasteiger partial charge in [-0.1, -0.05) is 40.5 Å². The van der Waals surface area contributed by atoms with Crippen molar-refractivity contribution >= 4 is 21.4 Å². The quantitative estimate of drug-likeness (QED) is 0.652. The molecule has 1 aliphatic rings. The van der Waals surface area contributed by atoms with Crippen LogP contribution in [-0.2, 0) is 13.7 Å². The first-order chi connectivity index (χ1) is 7.17. The molecule has 0 saturated carbocycles. The Bertz CT molecular complexity index is 166. The normalized spacial score (nSPS) is 17.8. The Morgan fingerprint density at radius 3 is 1.67 bits per heavy atom. The lowest BCUT2D eigenvalue weighted by Gasteiger charge is -2.32. The van der Waals surface area contributed by atoms with E-state index in [1.165, 1.54) is 0 Å². The predicted octanol–water partition coefficient (Wildman–Crippen LogP) is 2.74. The maximum absolute atomic E-state index is 5.72. The molecule has 1 rings (SSSR count). The van der Waals surface area contributed by atoms with Crippen molar-refractivity contribution in [2.75, 3.05) is 0 Å². The van der Waals surface area contributed by atoms with Crippen LogP contribution in [0.2, 0.25) is 18.5 Å². The van der Waals surface area contributed by atoms with Gasteiger partial charge >= 0.3 is 21.4 Å². The Balaban J connectivity index is 2.48. The van der Waals surface area contributed by atoms with E-state index in [1.807, 2.05) is 0 Å². The minimum atomic E-state index is -0.105. The maximum Gasteiger partial charge on any atom is 0.432 e. The lowest BCUT2D eigenvalue weighted by Crippen LogP contribution is -2.49. The number of hydrogen-bond acceptors (Lipinski definition) is 3. The molecule has 0 spiro atoms. The van der Waals surface area contributed by atoms with Gasteiger partial charge in [0.15, 0.2) is 0 Å². The lowest BCUT2D eigenvalue weighted by molar-refractivity contribution is 0.272. The number of rotatable bonds is 5. The summed E-state index contributed by atoms with van der Waals surface area (Å²) in [6.07, 6.45) is 4.06. The van der Waals surface area contributed by atoms with Crippen LogP contribution in [0.5, 0.6) is 0 Å². The molecule has 1 aliphatic heterocycles. The second-order valence-corrected chi connectivity index (χ2v) is 4.46. The molecule has 0 amide bonds. The smallest absolute Gasteiger partial charge is 0.432 e. The van der Waals surface area contributed by atoms with Crippen LogP contribution in [0.3, 0.4) is 0 Å². The summed E-state index contributed by atoms with van der Waals surface area (Å²) in [6, 6.07) is 0. The van der Waals surface area contributed by atoms with Crippen molar-refractivity contribution in [2.45, 2.75) is 59.0 Å². The van der Waals surface area contributed by atoms with Crippen molar-refractivity contribution in [2.24, 2.45) is 0 Å². The fourth-order valence-electron chi connectivity index (χ4n) is 1.62. The van der Waals surface area contributed by atoms with Gasteiger partial charge in [0, 0.05) is 0 Å². The summed E-state index contributed by atoms with van der Waals surface area (Å²) in [5, 5.41) is 0. The Morgan fingerprint density at radius 1 is 0.867 bits per heavy atom. The van der Waals surface area contributed by atoms with Crippen molar-refractivity contribution in [1.29, 1.82) is 0 Å². The highest BCUT2D eigenvalue weighted by Gasteiger charge is 2.40. The molecule has 1 fully saturated rings. The molecule has 15 heavy (non-hydrogen) atoms. The van der Waals surface area contributed by atoms with Gasteiger partial charge in [-0.05, 0) is 18.5 Å². The molecule has 0 aromatic carbocycles. The van der Waals surface area contributed by atoms with E-state index in [2.05, 4.69) is 27.7 Å². The van der Waals surface area contributed by atoms with Gasteiger partial charge < -0.3 is 13.7 Å². The van der Waals surface area contributed by atoms with Gasteiger partial charge in [-0.3, -0.25) is 0 Å². The average Bonchev–Trinajstić information content (AvgIpc) is 2.18. The molecule has 0 N–H and O–H groups in total. The van der Waals surface area contributed by atoms with Gasteiger partial charge in [-0.25, -0.2) is 0 Å². The Labute approximate surface area is 94.7 Å². The van der Waals surface area contributed by atoms with E-state index in [0.29, 0.717) is 5.82 Å². The highest BCUT2D eigenvalue weighted by atomic mass is 16.7. The first-order valence-corrected chi connectivity index (χ1v) is 6.13. The summed E-state index contributed by atoms with van der Waals surface area (Å²) in [4.78, 5) is 0. The molecule has 0 atom stereocenters. The van der Waals surface area contributed by atoms with Crippen LogP contribution in [0.4, 0.5) is 0 Å². The monoisotopic (exact) mass is 210 g/mol. The fourth-order valence-corrected chi connectivity index (χ4v) is 1.62. The van der Waals surface area contributed by atoms with E-state index in [4.69, 9.17) is 13.7 Å². The molecule has 0 unspecified atom stereocenters. The van der Waals surface area contributed by atoms with E-state index >= 15 is 0 Å². The van der Waals surface area contributed by atoms with Crippen molar-refractivity contribution in [3.63, 3.8) is 0 Å². The van der Waals surface area contributed by atoms with E-state index < -0.39 is 0 Å². The van der Waals surface area contributed by atoms with Crippen LogP contribution in [-0.4, -0.2) is 21.4 Å². The van der Waals surface area contributed by atoms with Gasteiger partial charge in [-0.15, -0.1) is 0 Å². The van der Waals surface area contributed by atoms with Gasteiger partial charge in [0.25, 0.3) is 0 Å². The maximum atomic E-state index is 5.72. The Morgan fingerprint density at radius 2 is 1.33 bits per heavy atom. The highest BCUT2D eigenvalue weighted by molar-refractivity contribution is 6.74. The molecule has 3 nitrogen and oxygen atoms in total. The zero-order valence-corrected chi connectivity index (χ0v) is 10.4. The third-order valence-electron chi connectivity index (χ3n) is 2.47. The molecule has 6 heteroatoms. The summed E-state index contributed by atoms with van der Waals surface area (Å²) in [5.74, 6) is 0.382. The SMILES string of the molecule is CCCB1OB(CCC)OB(C(C)C)O1. The lowest BCUT2D eigenvalue weighted by atomic mass is 9.61. The van der Waals surface area contributed by atoms with Crippen LogP contribution < -0.4 is 0 Å². The predicted molar refractivity (Wildman–Crippen MR) is 65.8 cm³/mol. The molecule has 0 aliphatic carbocycles. The zero-order valence-electron chi connectivity index (χ0n) is 10.4. The highest BCUT2D eigenvalue weighted by Crippen LogP contribution is 2.22. The Kier molecular flexibility index (Phi) is 5.79. The van der Waals surface area contributed by atoms with Gasteiger partial charge in [0.2, 0.25) is 0 Å². The summed E-state index contributed by atoms with van der Waals surface area (Å²) < 4.78 is 17.1. The van der Waals surface area contributed by atoms with Crippen molar-refractivity contribution < 1.29 is 13.7 Å². The molecule has 84 valence electrons. The topological polar surface area (TPSA) is 27.7 Å². The summed E-state index contributed by atoms with van der Waals surface area (Å²) in [5.41, 5.74) is 0. The summed E-state index contributed by atoms with van der Waals surface area (Å²) in [7, 11) is -0.257. The average molecular weight is 210 g/mol. The molecule has 1 saturated heterocycles. The minimum absolute atomic E-state index is 0.0762. The van der Waals surface area contributed by atoms with E-state index in [1.54, 1.807) is 0 Å². The first kappa shape index (κ1) is 13.1. The van der Waals surface area contributed by atoms with Gasteiger partial charge in [-0.2, -0.15) is 0 Å². The molecule has 0 aromatic rings. The summed E-state index contributed by atoms with van der Waals surface area (Å²) >= 11 is 0. The largest absolute Gasteiger partial charge is 0.453 e. The molecule has 0 aromatic heterocycles. The fraction of sp³-hybridized carbons (Fsp3) is 1.00. The molecule has 1 heterocycles.